The number of hydrogen-bond acceptors (Lipinski definition) is 1. The van der Waals surface area contributed by atoms with Crippen LogP contribution >= 0.6 is 43.6 Å². The van der Waals surface area contributed by atoms with Gasteiger partial charge in [-0.1, -0.05) is 73.5 Å². The van der Waals surface area contributed by atoms with Gasteiger partial charge in [0.2, 0.25) is 0 Å². The summed E-state index contributed by atoms with van der Waals surface area (Å²) in [5.74, 6) is 0.0641. The molecule has 0 amide bonds. The Labute approximate surface area is 132 Å². The minimum absolute atomic E-state index is 0.0473. The molecule has 0 fully saturated rings. The number of aryl methyl sites for hydroxylation is 1. The molecule has 0 heterocycles. The van der Waals surface area contributed by atoms with E-state index in [4.69, 9.17) is 0 Å². The van der Waals surface area contributed by atoms with Gasteiger partial charge in [0.25, 0.3) is 0 Å². The molecule has 0 radical (unpaired) electrons. The second-order valence-electron chi connectivity index (χ2n) is 4.46. The number of hydrogen-bond donors (Lipinski definition) is 0. The third-order valence-corrected chi connectivity index (χ3v) is 5.90. The lowest BCUT2D eigenvalue weighted by Crippen LogP contribution is -2.31. The second kappa shape index (κ2) is 7.36. The highest BCUT2D eigenvalue weighted by Crippen LogP contribution is 2.37. The molecule has 0 aliphatic rings. The van der Waals surface area contributed by atoms with Crippen LogP contribution in [-0.4, -0.2) is 21.9 Å². The molecule has 19 heavy (non-hydrogen) atoms. The highest BCUT2D eigenvalue weighted by molar-refractivity contribution is 9.09. The third kappa shape index (κ3) is 5.31. The largest absolute Gasteiger partial charge is 0.441 e. The minimum atomic E-state index is -4.16. The van der Waals surface area contributed by atoms with Crippen LogP contribution in [0.3, 0.4) is 0 Å². The van der Waals surface area contributed by atoms with Gasteiger partial charge in [0.15, 0.2) is 0 Å². The van der Waals surface area contributed by atoms with E-state index in [2.05, 4.69) is 31.9 Å². The molecule has 108 valence electrons. The Morgan fingerprint density at radius 2 is 1.58 bits per heavy atom. The van der Waals surface area contributed by atoms with Gasteiger partial charge in [-0.05, 0) is 18.9 Å². The second-order valence-corrected chi connectivity index (χ2v) is 6.74. The zero-order chi connectivity index (χ0) is 14.5. The van der Waals surface area contributed by atoms with Crippen molar-refractivity contribution in [2.45, 2.75) is 24.3 Å². The van der Waals surface area contributed by atoms with Gasteiger partial charge in [0, 0.05) is 21.8 Å². The lowest BCUT2D eigenvalue weighted by atomic mass is 9.82. The van der Waals surface area contributed by atoms with Crippen molar-refractivity contribution in [3.63, 3.8) is 0 Å². The summed E-state index contributed by atoms with van der Waals surface area (Å²) >= 11 is 6.94. The molecule has 0 aliphatic heterocycles. The van der Waals surface area contributed by atoms with Crippen LogP contribution < -0.4 is 0 Å². The first-order chi connectivity index (χ1) is 8.83. The fourth-order valence-electron chi connectivity index (χ4n) is 1.74. The molecule has 0 unspecified atom stereocenters. The van der Waals surface area contributed by atoms with Gasteiger partial charge in [0.05, 0.1) is 0 Å². The Kier molecular flexibility index (Phi) is 6.73. The lowest BCUT2D eigenvalue weighted by Gasteiger charge is -2.31. The minimum Gasteiger partial charge on any atom is -0.160 e. The summed E-state index contributed by atoms with van der Waals surface area (Å²) in [6.07, 6.45) is 0.469. The van der Waals surface area contributed by atoms with E-state index < -0.39 is 5.51 Å². The quantitative estimate of drug-likeness (QED) is 0.535. The first-order valence-corrected chi connectivity index (χ1v) is 8.95. The van der Waals surface area contributed by atoms with Crippen molar-refractivity contribution in [2.75, 3.05) is 16.4 Å². The molecule has 0 nitrogen and oxygen atoms in total. The molecule has 0 aliphatic carbocycles. The van der Waals surface area contributed by atoms with Gasteiger partial charge in [-0.2, -0.15) is 13.2 Å². The molecule has 1 rings (SSSR count). The van der Waals surface area contributed by atoms with Crippen LogP contribution in [0.1, 0.15) is 17.5 Å². The van der Waals surface area contributed by atoms with Gasteiger partial charge in [-0.15, -0.1) is 0 Å². The van der Waals surface area contributed by atoms with Gasteiger partial charge < -0.3 is 0 Å². The molecule has 0 aromatic heterocycles. The van der Waals surface area contributed by atoms with Gasteiger partial charge in [-0.3, -0.25) is 0 Å². The van der Waals surface area contributed by atoms with Crippen LogP contribution in [0.5, 0.6) is 0 Å². The predicted molar refractivity (Wildman–Crippen MR) is 83.6 cm³/mol. The lowest BCUT2D eigenvalue weighted by molar-refractivity contribution is -0.0328. The van der Waals surface area contributed by atoms with Crippen LogP contribution in [0.15, 0.2) is 24.3 Å². The molecule has 0 bridgehead atoms. The fraction of sp³-hybridized carbons (Fsp3) is 0.538. The predicted octanol–water partition coefficient (Wildman–Crippen LogP) is 5.67. The number of benzene rings is 1. The van der Waals surface area contributed by atoms with E-state index in [-0.39, 0.29) is 22.9 Å². The van der Waals surface area contributed by atoms with Crippen LogP contribution in [0.2, 0.25) is 0 Å². The van der Waals surface area contributed by atoms with E-state index in [1.807, 2.05) is 31.2 Å². The van der Waals surface area contributed by atoms with E-state index in [0.29, 0.717) is 17.1 Å². The monoisotopic (exact) mass is 418 g/mol. The molecule has 6 heteroatoms. The molecule has 1 aromatic carbocycles. The summed E-state index contributed by atoms with van der Waals surface area (Å²) in [4.78, 5) is 0. The highest BCUT2D eigenvalue weighted by atomic mass is 79.9. The Morgan fingerprint density at radius 3 is 2.00 bits per heavy atom. The average molecular weight is 420 g/mol. The summed E-state index contributed by atoms with van der Waals surface area (Å²) in [5, 5.41) is 1.26. The zero-order valence-corrected chi connectivity index (χ0v) is 14.4. The van der Waals surface area contributed by atoms with Crippen LogP contribution in [0.4, 0.5) is 13.2 Å². The maximum atomic E-state index is 12.2. The van der Waals surface area contributed by atoms with Gasteiger partial charge in [-0.25, -0.2) is 0 Å². The number of halogens is 5. The van der Waals surface area contributed by atoms with Gasteiger partial charge in [0.1, 0.15) is 0 Å². The van der Waals surface area contributed by atoms with Crippen LogP contribution in [-0.2, 0) is 5.41 Å². The topological polar surface area (TPSA) is 0 Å². The van der Waals surface area contributed by atoms with Crippen LogP contribution in [0, 0.1) is 6.92 Å². The molecule has 0 saturated heterocycles. The molecule has 0 spiro atoms. The SMILES string of the molecule is Cc1ccc(C(CBr)(CBr)CCSC(F)(F)F)cc1. The molecular formula is C13H15Br2F3S. The Balaban J connectivity index is 2.82. The molecular weight excluding hydrogens is 405 g/mol. The highest BCUT2D eigenvalue weighted by Gasteiger charge is 2.33. The number of thioether (sulfide) groups is 1. The van der Waals surface area contributed by atoms with Crippen molar-refractivity contribution in [3.05, 3.63) is 35.4 Å². The van der Waals surface area contributed by atoms with Crippen molar-refractivity contribution >= 4 is 43.6 Å². The van der Waals surface area contributed by atoms with Crippen molar-refractivity contribution < 1.29 is 13.2 Å². The third-order valence-electron chi connectivity index (χ3n) is 3.02. The number of rotatable bonds is 6. The average Bonchev–Trinajstić information content (AvgIpc) is 2.35. The van der Waals surface area contributed by atoms with E-state index in [9.17, 15) is 13.2 Å². The summed E-state index contributed by atoms with van der Waals surface area (Å²) in [7, 11) is 0. The van der Waals surface area contributed by atoms with Crippen molar-refractivity contribution in [3.8, 4) is 0 Å². The van der Waals surface area contributed by atoms with E-state index >= 15 is 0 Å². The number of alkyl halides is 5. The van der Waals surface area contributed by atoms with Crippen molar-refractivity contribution in [1.82, 2.24) is 0 Å². The Hall–Kier alpha value is 0.320. The maximum absolute atomic E-state index is 12.2. The fourth-order valence-corrected chi connectivity index (χ4v) is 4.60. The van der Waals surface area contributed by atoms with Gasteiger partial charge >= 0.3 is 5.51 Å². The Bertz CT molecular complexity index is 386. The van der Waals surface area contributed by atoms with Crippen LogP contribution in [0.25, 0.3) is 0 Å². The Morgan fingerprint density at radius 1 is 1.05 bits per heavy atom. The molecule has 1 aromatic rings. The van der Waals surface area contributed by atoms with E-state index in [1.165, 1.54) is 0 Å². The standard InChI is InChI=1S/C13H15Br2F3S/c1-10-2-4-11(5-3-10)12(8-14,9-15)6-7-19-13(16,17)18/h2-5H,6-9H2,1H3. The summed E-state index contributed by atoms with van der Waals surface area (Å²) < 4.78 is 36.7. The van der Waals surface area contributed by atoms with E-state index in [1.54, 1.807) is 0 Å². The smallest absolute Gasteiger partial charge is 0.160 e. The zero-order valence-electron chi connectivity index (χ0n) is 10.4. The van der Waals surface area contributed by atoms with E-state index in [0.717, 1.165) is 11.1 Å². The molecule has 0 saturated carbocycles. The van der Waals surface area contributed by atoms with Crippen molar-refractivity contribution in [2.24, 2.45) is 0 Å². The first kappa shape index (κ1) is 17.4. The summed E-state index contributed by atoms with van der Waals surface area (Å²) in [5.41, 5.74) is -2.25. The summed E-state index contributed by atoms with van der Waals surface area (Å²) in [6.45, 7) is 1.99. The molecule has 0 atom stereocenters. The normalized spacial score (nSPS) is 12.7. The maximum Gasteiger partial charge on any atom is 0.441 e. The summed E-state index contributed by atoms with van der Waals surface area (Å²) in [6, 6.07) is 7.98. The van der Waals surface area contributed by atoms with Crippen molar-refractivity contribution in [1.29, 1.82) is 0 Å². The first-order valence-electron chi connectivity index (χ1n) is 5.73. The molecule has 0 N–H and O–H groups in total.